The van der Waals surface area contributed by atoms with Gasteiger partial charge in [0.1, 0.15) is 5.82 Å². The molecule has 0 radical (unpaired) electrons. The Morgan fingerprint density at radius 2 is 2.04 bits per heavy atom. The van der Waals surface area contributed by atoms with Crippen molar-refractivity contribution in [1.82, 2.24) is 20.1 Å². The molecule has 138 valence electrons. The molecule has 1 fully saturated rings. The van der Waals surface area contributed by atoms with Crippen molar-refractivity contribution >= 4 is 17.7 Å². The summed E-state index contributed by atoms with van der Waals surface area (Å²) in [5, 5.41) is 12.4. The Hall–Kier alpha value is -1.82. The Bertz CT molecular complexity index is 812. The van der Waals surface area contributed by atoms with E-state index in [2.05, 4.69) is 45.2 Å². The van der Waals surface area contributed by atoms with Crippen LogP contribution < -0.4 is 5.32 Å². The molecule has 26 heavy (non-hydrogen) atoms. The number of carbonyl (C=O) groups excluding carboxylic acids is 1. The molecule has 5 nitrogen and oxygen atoms in total. The first kappa shape index (κ1) is 17.6. The first-order valence-corrected chi connectivity index (χ1v) is 10.6. The second-order valence-electron chi connectivity index (χ2n) is 7.44. The van der Waals surface area contributed by atoms with E-state index in [9.17, 15) is 4.79 Å². The highest BCUT2D eigenvalue weighted by Crippen LogP contribution is 2.38. The van der Waals surface area contributed by atoms with Crippen molar-refractivity contribution in [2.75, 3.05) is 5.75 Å². The van der Waals surface area contributed by atoms with Crippen molar-refractivity contribution in [3.63, 3.8) is 0 Å². The number of hydrogen-bond acceptors (Lipinski definition) is 4. The second-order valence-corrected chi connectivity index (χ2v) is 8.39. The average molecular weight is 371 g/mol. The highest BCUT2D eigenvalue weighted by Gasteiger charge is 2.28. The van der Waals surface area contributed by atoms with Gasteiger partial charge >= 0.3 is 0 Å². The van der Waals surface area contributed by atoms with Crippen LogP contribution in [0.1, 0.15) is 67.2 Å². The van der Waals surface area contributed by atoms with Crippen LogP contribution in [0.15, 0.2) is 23.4 Å². The molecule has 2 aliphatic carbocycles. The van der Waals surface area contributed by atoms with Crippen molar-refractivity contribution in [3.8, 4) is 0 Å². The summed E-state index contributed by atoms with van der Waals surface area (Å²) >= 11 is 1.48. The number of aryl methyl sites for hydroxylation is 3. The van der Waals surface area contributed by atoms with Gasteiger partial charge in [0.2, 0.25) is 5.91 Å². The standard InChI is InChI=1S/C20H26N4OS/c1-13(16-8-7-15-5-3-4-6-17(15)11-16)21-19(25)12-26-20-23-22-14(2)24(20)18-9-10-18/h7-8,11,13,18H,3-6,9-10,12H2,1-2H3,(H,21,25). The molecule has 2 aromatic rings. The minimum absolute atomic E-state index is 0.0263. The molecule has 0 bridgehead atoms. The second kappa shape index (κ2) is 7.43. The minimum Gasteiger partial charge on any atom is -0.349 e. The Labute approximate surface area is 159 Å². The Morgan fingerprint density at radius 3 is 2.81 bits per heavy atom. The third-order valence-electron chi connectivity index (χ3n) is 5.33. The van der Waals surface area contributed by atoms with Gasteiger partial charge in [-0.3, -0.25) is 4.79 Å². The predicted molar refractivity (Wildman–Crippen MR) is 103 cm³/mol. The van der Waals surface area contributed by atoms with Gasteiger partial charge in [-0.15, -0.1) is 10.2 Å². The number of aromatic nitrogens is 3. The third kappa shape index (κ3) is 3.80. The van der Waals surface area contributed by atoms with Gasteiger partial charge < -0.3 is 9.88 Å². The van der Waals surface area contributed by atoms with Crippen LogP contribution >= 0.6 is 11.8 Å². The maximum Gasteiger partial charge on any atom is 0.230 e. The Kier molecular flexibility index (Phi) is 5.02. The van der Waals surface area contributed by atoms with Crippen molar-refractivity contribution in [2.24, 2.45) is 0 Å². The molecule has 1 atom stereocenters. The van der Waals surface area contributed by atoms with Gasteiger partial charge in [-0.2, -0.15) is 0 Å². The topological polar surface area (TPSA) is 59.8 Å². The van der Waals surface area contributed by atoms with E-state index in [1.54, 1.807) is 0 Å². The fraction of sp³-hybridized carbons (Fsp3) is 0.550. The minimum atomic E-state index is 0.0263. The van der Waals surface area contributed by atoms with Crippen molar-refractivity contribution in [2.45, 2.75) is 69.6 Å². The zero-order valence-electron chi connectivity index (χ0n) is 15.5. The van der Waals surface area contributed by atoms with Crippen molar-refractivity contribution in [3.05, 3.63) is 40.7 Å². The summed E-state index contributed by atoms with van der Waals surface area (Å²) in [6.45, 7) is 4.04. The number of rotatable bonds is 6. The zero-order chi connectivity index (χ0) is 18.1. The number of benzene rings is 1. The van der Waals surface area contributed by atoms with E-state index in [4.69, 9.17) is 0 Å². The van der Waals surface area contributed by atoms with E-state index >= 15 is 0 Å². The van der Waals surface area contributed by atoms with Crippen LogP contribution in [-0.2, 0) is 17.6 Å². The van der Waals surface area contributed by atoms with Crippen LogP contribution in [0.25, 0.3) is 0 Å². The maximum atomic E-state index is 12.4. The molecule has 6 heteroatoms. The molecule has 1 aromatic heterocycles. The molecule has 0 spiro atoms. The van der Waals surface area contributed by atoms with Gasteiger partial charge in [0.05, 0.1) is 11.8 Å². The third-order valence-corrected chi connectivity index (χ3v) is 6.27. The molecule has 1 heterocycles. The monoisotopic (exact) mass is 370 g/mol. The number of thioether (sulfide) groups is 1. The van der Waals surface area contributed by atoms with Crippen LogP contribution in [0.5, 0.6) is 0 Å². The first-order valence-electron chi connectivity index (χ1n) is 9.57. The van der Waals surface area contributed by atoms with E-state index in [0.717, 1.165) is 17.4 Å². The number of hydrogen-bond donors (Lipinski definition) is 1. The SMILES string of the molecule is Cc1nnc(SCC(=O)NC(C)c2ccc3c(c2)CCCC3)n1C1CC1. The van der Waals surface area contributed by atoms with Gasteiger partial charge in [0, 0.05) is 6.04 Å². The van der Waals surface area contributed by atoms with E-state index in [1.807, 2.05) is 6.92 Å². The molecule has 1 saturated carbocycles. The lowest BCUT2D eigenvalue weighted by Gasteiger charge is -2.20. The van der Waals surface area contributed by atoms with Crippen molar-refractivity contribution < 1.29 is 4.79 Å². The summed E-state index contributed by atoms with van der Waals surface area (Å²) in [4.78, 5) is 12.4. The summed E-state index contributed by atoms with van der Waals surface area (Å²) < 4.78 is 2.17. The fourth-order valence-corrected chi connectivity index (χ4v) is 4.58. The predicted octanol–water partition coefficient (Wildman–Crippen LogP) is 3.77. The van der Waals surface area contributed by atoms with Crippen LogP contribution in [0.2, 0.25) is 0 Å². The number of fused-ring (bicyclic) bond motifs is 1. The van der Waals surface area contributed by atoms with Crippen LogP contribution in [0, 0.1) is 6.92 Å². The van der Waals surface area contributed by atoms with Gasteiger partial charge in [-0.1, -0.05) is 30.0 Å². The Morgan fingerprint density at radius 1 is 1.27 bits per heavy atom. The largest absolute Gasteiger partial charge is 0.349 e. The molecule has 0 saturated heterocycles. The number of nitrogens with one attached hydrogen (secondary N) is 1. The molecular weight excluding hydrogens is 344 g/mol. The lowest BCUT2D eigenvalue weighted by molar-refractivity contribution is -0.119. The highest BCUT2D eigenvalue weighted by molar-refractivity contribution is 7.99. The summed E-state index contributed by atoms with van der Waals surface area (Å²) in [5.74, 6) is 1.36. The molecule has 1 unspecified atom stereocenters. The average Bonchev–Trinajstić information content (AvgIpc) is 3.42. The molecule has 4 rings (SSSR count). The van der Waals surface area contributed by atoms with Crippen molar-refractivity contribution in [1.29, 1.82) is 0 Å². The number of carbonyl (C=O) groups is 1. The van der Waals surface area contributed by atoms with Gasteiger partial charge in [-0.05, 0) is 69.1 Å². The fourth-order valence-electron chi connectivity index (χ4n) is 3.72. The van der Waals surface area contributed by atoms with Gasteiger partial charge in [-0.25, -0.2) is 0 Å². The number of nitrogens with zero attached hydrogens (tertiary/aromatic N) is 3. The smallest absolute Gasteiger partial charge is 0.230 e. The van der Waals surface area contributed by atoms with E-state index < -0.39 is 0 Å². The normalized spacial score (nSPS) is 17.6. The van der Waals surface area contributed by atoms with Gasteiger partial charge in [0.15, 0.2) is 5.16 Å². The summed E-state index contributed by atoms with van der Waals surface area (Å²) in [6.07, 6.45) is 7.29. The molecule has 0 aliphatic heterocycles. The zero-order valence-corrected chi connectivity index (χ0v) is 16.3. The molecule has 1 N–H and O–H groups in total. The maximum absolute atomic E-state index is 12.4. The van der Waals surface area contributed by atoms with Crippen LogP contribution in [-0.4, -0.2) is 26.4 Å². The van der Waals surface area contributed by atoms with Crippen LogP contribution in [0.4, 0.5) is 0 Å². The van der Waals surface area contributed by atoms with Crippen LogP contribution in [0.3, 0.4) is 0 Å². The summed E-state index contributed by atoms with van der Waals surface area (Å²) in [5.41, 5.74) is 4.13. The summed E-state index contributed by atoms with van der Waals surface area (Å²) in [6, 6.07) is 7.24. The van der Waals surface area contributed by atoms with E-state index in [0.29, 0.717) is 11.8 Å². The summed E-state index contributed by atoms with van der Waals surface area (Å²) in [7, 11) is 0. The van der Waals surface area contributed by atoms with Gasteiger partial charge in [0.25, 0.3) is 0 Å². The molecule has 2 aliphatic rings. The lowest BCUT2D eigenvalue weighted by Crippen LogP contribution is -2.28. The van der Waals surface area contributed by atoms with E-state index in [1.165, 1.54) is 60.6 Å². The molecular formula is C20H26N4OS. The molecule has 1 amide bonds. The van der Waals surface area contributed by atoms with E-state index in [-0.39, 0.29) is 11.9 Å². The number of amides is 1. The molecule has 1 aromatic carbocycles. The quantitative estimate of drug-likeness (QED) is 0.787. The highest BCUT2D eigenvalue weighted by atomic mass is 32.2. The lowest BCUT2D eigenvalue weighted by atomic mass is 9.89. The Balaban J connectivity index is 1.34. The first-order chi connectivity index (χ1) is 12.6.